The predicted octanol–water partition coefficient (Wildman–Crippen LogP) is 2.97. The Bertz CT molecular complexity index is 424. The van der Waals surface area contributed by atoms with Gasteiger partial charge in [0.25, 0.3) is 5.91 Å². The van der Waals surface area contributed by atoms with Gasteiger partial charge >= 0.3 is 0 Å². The predicted molar refractivity (Wildman–Crippen MR) is 66.1 cm³/mol. The van der Waals surface area contributed by atoms with Crippen LogP contribution in [0.25, 0.3) is 0 Å². The lowest BCUT2D eigenvalue weighted by atomic mass is 9.84. The number of carbonyl (C=O) groups is 1. The Morgan fingerprint density at radius 3 is 2.71 bits per heavy atom. The second-order valence-corrected chi connectivity index (χ2v) is 4.92. The molecule has 1 fully saturated rings. The summed E-state index contributed by atoms with van der Waals surface area (Å²) in [6, 6.07) is 7.65. The fourth-order valence-corrected chi connectivity index (χ4v) is 2.81. The number of nitrogens with one attached hydrogen (secondary N) is 1. The van der Waals surface area contributed by atoms with Gasteiger partial charge in [-0.2, -0.15) is 0 Å². The summed E-state index contributed by atoms with van der Waals surface area (Å²) in [7, 11) is 0. The molecule has 1 aliphatic heterocycles. The second kappa shape index (κ2) is 4.40. The fourth-order valence-electron chi connectivity index (χ4n) is 2.81. The van der Waals surface area contributed by atoms with Crippen LogP contribution in [-0.4, -0.2) is 12.0 Å². The first-order chi connectivity index (χ1) is 8.34. The minimum Gasteiger partial charge on any atom is -0.478 e. The molecule has 90 valence electrons. The van der Waals surface area contributed by atoms with Crippen LogP contribution in [0.2, 0.25) is 0 Å². The maximum atomic E-state index is 12.0. The molecule has 3 rings (SSSR count). The van der Waals surface area contributed by atoms with Crippen LogP contribution in [0.4, 0.5) is 5.69 Å². The molecule has 0 bridgehead atoms. The fraction of sp³-hybridized carbons (Fsp3) is 0.500. The van der Waals surface area contributed by atoms with Gasteiger partial charge in [-0.25, -0.2) is 0 Å². The number of para-hydroxylation sites is 2. The van der Waals surface area contributed by atoms with Gasteiger partial charge in [0.15, 0.2) is 6.10 Å². The molecule has 0 radical (unpaired) electrons. The average molecular weight is 231 g/mol. The molecule has 1 aromatic carbocycles. The highest BCUT2D eigenvalue weighted by Gasteiger charge is 2.34. The van der Waals surface area contributed by atoms with E-state index in [9.17, 15) is 4.79 Å². The molecule has 3 heteroatoms. The van der Waals surface area contributed by atoms with Gasteiger partial charge in [0.2, 0.25) is 0 Å². The molecule has 1 saturated carbocycles. The summed E-state index contributed by atoms with van der Waals surface area (Å²) < 4.78 is 5.87. The maximum Gasteiger partial charge on any atom is 0.265 e. The average Bonchev–Trinajstić information content (AvgIpc) is 2.39. The van der Waals surface area contributed by atoms with Crippen molar-refractivity contribution >= 4 is 11.6 Å². The molecular weight excluding hydrogens is 214 g/mol. The summed E-state index contributed by atoms with van der Waals surface area (Å²) in [6.07, 6.45) is 5.67. The van der Waals surface area contributed by atoms with E-state index < -0.39 is 0 Å². The highest BCUT2D eigenvalue weighted by atomic mass is 16.5. The number of ether oxygens (including phenoxy) is 1. The van der Waals surface area contributed by atoms with Crippen LogP contribution >= 0.6 is 0 Å². The zero-order chi connectivity index (χ0) is 11.7. The molecule has 0 spiro atoms. The summed E-state index contributed by atoms with van der Waals surface area (Å²) in [4.78, 5) is 12.0. The van der Waals surface area contributed by atoms with E-state index in [1.54, 1.807) is 0 Å². The minimum atomic E-state index is -0.287. The van der Waals surface area contributed by atoms with Crippen molar-refractivity contribution in [2.75, 3.05) is 5.32 Å². The van der Waals surface area contributed by atoms with Crippen molar-refractivity contribution in [2.24, 2.45) is 5.92 Å². The largest absolute Gasteiger partial charge is 0.478 e. The van der Waals surface area contributed by atoms with E-state index in [0.717, 1.165) is 24.3 Å². The third kappa shape index (κ3) is 2.02. The summed E-state index contributed by atoms with van der Waals surface area (Å²) in [5, 5.41) is 2.94. The molecule has 17 heavy (non-hydrogen) atoms. The third-order valence-electron chi connectivity index (χ3n) is 3.74. The molecule has 0 aromatic heterocycles. The van der Waals surface area contributed by atoms with Gasteiger partial charge in [0.05, 0.1) is 5.69 Å². The monoisotopic (exact) mass is 231 g/mol. The Hall–Kier alpha value is -1.51. The van der Waals surface area contributed by atoms with Crippen molar-refractivity contribution in [2.45, 2.75) is 38.2 Å². The van der Waals surface area contributed by atoms with E-state index in [0.29, 0.717) is 5.92 Å². The number of anilines is 1. The van der Waals surface area contributed by atoms with Crippen LogP contribution in [0, 0.1) is 5.92 Å². The number of hydrogen-bond donors (Lipinski definition) is 1. The van der Waals surface area contributed by atoms with Crippen LogP contribution in [0.1, 0.15) is 32.1 Å². The van der Waals surface area contributed by atoms with E-state index in [1.807, 2.05) is 24.3 Å². The normalized spacial score (nSPS) is 24.7. The third-order valence-corrected chi connectivity index (χ3v) is 3.74. The lowest BCUT2D eigenvalue weighted by Crippen LogP contribution is -2.43. The molecule has 2 aliphatic rings. The maximum absolute atomic E-state index is 12.0. The van der Waals surface area contributed by atoms with Crippen LogP contribution in [0.5, 0.6) is 5.75 Å². The molecule has 3 nitrogen and oxygen atoms in total. The SMILES string of the molecule is O=C1Nc2ccccc2O[C@@H]1C1CCCCC1. The standard InChI is InChI=1S/C14H17NO2/c16-14-13(10-6-2-1-3-7-10)17-12-9-5-4-8-11(12)15-14/h4-5,8-10,13H,1-3,6-7H2,(H,15,16)/t13-/m1/s1. The first-order valence-corrected chi connectivity index (χ1v) is 6.41. The molecule has 1 aliphatic carbocycles. The van der Waals surface area contributed by atoms with Gasteiger partial charge in [0.1, 0.15) is 5.75 Å². The number of rotatable bonds is 1. The molecule has 0 unspecified atom stereocenters. The van der Waals surface area contributed by atoms with Crippen LogP contribution in [0.3, 0.4) is 0 Å². The van der Waals surface area contributed by atoms with E-state index in [4.69, 9.17) is 4.74 Å². The Balaban J connectivity index is 1.81. The molecule has 1 N–H and O–H groups in total. The van der Waals surface area contributed by atoms with E-state index in [-0.39, 0.29) is 12.0 Å². The highest BCUT2D eigenvalue weighted by Crippen LogP contribution is 2.35. The van der Waals surface area contributed by atoms with Crippen LogP contribution < -0.4 is 10.1 Å². The van der Waals surface area contributed by atoms with Gasteiger partial charge < -0.3 is 10.1 Å². The van der Waals surface area contributed by atoms with Gasteiger partial charge in [0, 0.05) is 5.92 Å². The quantitative estimate of drug-likeness (QED) is 0.807. The number of fused-ring (bicyclic) bond motifs is 1. The molecule has 0 saturated heterocycles. The summed E-state index contributed by atoms with van der Waals surface area (Å²) in [5.41, 5.74) is 0.796. The minimum absolute atomic E-state index is 0.0237. The molecule has 1 heterocycles. The topological polar surface area (TPSA) is 38.3 Å². The van der Waals surface area contributed by atoms with Crippen molar-refractivity contribution in [1.29, 1.82) is 0 Å². The Morgan fingerprint density at radius 2 is 1.88 bits per heavy atom. The first kappa shape index (κ1) is 10.6. The summed E-state index contributed by atoms with van der Waals surface area (Å²) >= 11 is 0. The number of hydrogen-bond acceptors (Lipinski definition) is 2. The summed E-state index contributed by atoms with van der Waals surface area (Å²) in [5.74, 6) is 1.22. The van der Waals surface area contributed by atoms with Gasteiger partial charge in [-0.15, -0.1) is 0 Å². The molecular formula is C14H17NO2. The van der Waals surface area contributed by atoms with E-state index in [2.05, 4.69) is 5.32 Å². The van der Waals surface area contributed by atoms with Crippen LogP contribution in [0.15, 0.2) is 24.3 Å². The molecule has 1 amide bonds. The number of carbonyl (C=O) groups excluding carboxylic acids is 1. The highest BCUT2D eigenvalue weighted by molar-refractivity contribution is 5.97. The van der Waals surface area contributed by atoms with Gasteiger partial charge in [-0.3, -0.25) is 4.79 Å². The lowest BCUT2D eigenvalue weighted by Gasteiger charge is -2.33. The molecule has 1 atom stereocenters. The number of benzene rings is 1. The second-order valence-electron chi connectivity index (χ2n) is 4.92. The van der Waals surface area contributed by atoms with Gasteiger partial charge in [-0.05, 0) is 25.0 Å². The smallest absolute Gasteiger partial charge is 0.265 e. The first-order valence-electron chi connectivity index (χ1n) is 6.41. The van der Waals surface area contributed by atoms with Crippen molar-refractivity contribution in [3.05, 3.63) is 24.3 Å². The van der Waals surface area contributed by atoms with Crippen molar-refractivity contribution in [3.63, 3.8) is 0 Å². The number of amides is 1. The van der Waals surface area contributed by atoms with E-state index >= 15 is 0 Å². The zero-order valence-electron chi connectivity index (χ0n) is 9.82. The Morgan fingerprint density at radius 1 is 1.12 bits per heavy atom. The summed E-state index contributed by atoms with van der Waals surface area (Å²) in [6.45, 7) is 0. The van der Waals surface area contributed by atoms with Gasteiger partial charge in [-0.1, -0.05) is 31.4 Å². The lowest BCUT2D eigenvalue weighted by molar-refractivity contribution is -0.126. The van der Waals surface area contributed by atoms with Crippen molar-refractivity contribution < 1.29 is 9.53 Å². The van der Waals surface area contributed by atoms with Crippen molar-refractivity contribution in [3.8, 4) is 5.75 Å². The Kier molecular flexibility index (Phi) is 2.75. The van der Waals surface area contributed by atoms with Crippen LogP contribution in [-0.2, 0) is 4.79 Å². The zero-order valence-corrected chi connectivity index (χ0v) is 9.82. The van der Waals surface area contributed by atoms with E-state index in [1.165, 1.54) is 19.3 Å². The Labute approximate surface area is 101 Å². The van der Waals surface area contributed by atoms with Crippen molar-refractivity contribution in [1.82, 2.24) is 0 Å². The molecule has 1 aromatic rings.